The second-order valence-corrected chi connectivity index (χ2v) is 8.17. The summed E-state index contributed by atoms with van der Waals surface area (Å²) in [7, 11) is 0. The van der Waals surface area contributed by atoms with Gasteiger partial charge in [0.25, 0.3) is 0 Å². The van der Waals surface area contributed by atoms with Gasteiger partial charge in [-0.05, 0) is 19.4 Å². The van der Waals surface area contributed by atoms with Gasteiger partial charge in [0, 0.05) is 4.75 Å². The molecule has 0 unspecified atom stereocenters. The van der Waals surface area contributed by atoms with E-state index in [1.54, 1.807) is 0 Å². The van der Waals surface area contributed by atoms with Gasteiger partial charge in [0.05, 0.1) is 6.42 Å². The molecule has 9 nitrogen and oxygen atoms in total. The maximum Gasteiger partial charge on any atom is 0.327 e. The van der Waals surface area contributed by atoms with Crippen LogP contribution in [0.2, 0.25) is 0 Å². The number of carbonyl (C=O) groups is 3. The van der Waals surface area contributed by atoms with Crippen LogP contribution in [0.5, 0.6) is 0 Å². The molecular weight excluding hydrogens is 358 g/mol. The maximum atomic E-state index is 12.3. The fourth-order valence-corrected chi connectivity index (χ4v) is 4.78. The number of benzene rings is 1. The van der Waals surface area contributed by atoms with Crippen LogP contribution in [0.15, 0.2) is 30.3 Å². The molecular formula is C16H18N5O4S-. The number of carboxylic acid groups (broad SMARTS) is 1. The third kappa shape index (κ3) is 3.76. The summed E-state index contributed by atoms with van der Waals surface area (Å²) in [5.41, 5.74) is 14.4. The van der Waals surface area contributed by atoms with E-state index >= 15 is 0 Å². The summed E-state index contributed by atoms with van der Waals surface area (Å²) in [6, 6.07) is 7.78. The van der Waals surface area contributed by atoms with Crippen LogP contribution in [0.4, 0.5) is 0 Å². The third-order valence-corrected chi connectivity index (χ3v) is 5.77. The molecule has 0 saturated carbocycles. The summed E-state index contributed by atoms with van der Waals surface area (Å²) in [5.74, 6) is -1.55. The van der Waals surface area contributed by atoms with Crippen LogP contribution in [0.3, 0.4) is 0 Å². The minimum Gasteiger partial charge on any atom is -0.480 e. The van der Waals surface area contributed by atoms with Crippen molar-refractivity contribution in [2.75, 3.05) is 0 Å². The van der Waals surface area contributed by atoms with E-state index < -0.39 is 22.8 Å². The molecule has 10 heteroatoms. The zero-order chi connectivity index (χ0) is 19.5. The molecule has 2 aliphatic rings. The lowest BCUT2D eigenvalue weighted by molar-refractivity contribution is -0.161. The molecule has 3 rings (SSSR count). The predicted octanol–water partition coefficient (Wildman–Crippen LogP) is 1.73. The highest BCUT2D eigenvalue weighted by Gasteiger charge is 2.64. The molecule has 0 bridgehead atoms. The Balaban J connectivity index is 0.000000758. The molecule has 26 heavy (non-hydrogen) atoms. The molecule has 2 saturated heterocycles. The Morgan fingerprint density at radius 3 is 2.42 bits per heavy atom. The monoisotopic (exact) mass is 376 g/mol. The molecule has 2 fully saturated rings. The van der Waals surface area contributed by atoms with Gasteiger partial charge in [-0.15, -0.1) is 11.8 Å². The Kier molecular flexibility index (Phi) is 5.79. The van der Waals surface area contributed by atoms with Gasteiger partial charge in [-0.1, -0.05) is 30.3 Å². The van der Waals surface area contributed by atoms with Crippen LogP contribution in [0.25, 0.3) is 16.0 Å². The van der Waals surface area contributed by atoms with Crippen LogP contribution < -0.4 is 5.32 Å². The number of rotatable bonds is 4. The molecule has 138 valence electrons. The third-order valence-electron chi connectivity index (χ3n) is 4.20. The summed E-state index contributed by atoms with van der Waals surface area (Å²) in [5, 5.41) is 11.8. The van der Waals surface area contributed by atoms with Gasteiger partial charge in [0.1, 0.15) is 17.5 Å². The van der Waals surface area contributed by atoms with E-state index in [4.69, 9.17) is 11.1 Å². The van der Waals surface area contributed by atoms with Crippen LogP contribution in [0.1, 0.15) is 19.4 Å². The number of hydrogen-bond donors (Lipinski definition) is 2. The number of carboxylic acids is 1. The van der Waals surface area contributed by atoms with Crippen molar-refractivity contribution in [1.82, 2.24) is 10.2 Å². The topological polar surface area (TPSA) is 145 Å². The molecule has 2 aliphatic heterocycles. The van der Waals surface area contributed by atoms with E-state index in [1.807, 2.05) is 44.2 Å². The van der Waals surface area contributed by atoms with E-state index in [0.717, 1.165) is 5.56 Å². The minimum atomic E-state index is -1.01. The van der Waals surface area contributed by atoms with Crippen molar-refractivity contribution in [1.29, 1.82) is 0 Å². The van der Waals surface area contributed by atoms with Crippen molar-refractivity contribution in [3.8, 4) is 0 Å². The van der Waals surface area contributed by atoms with E-state index in [9.17, 15) is 19.5 Å². The average molecular weight is 376 g/mol. The van der Waals surface area contributed by atoms with Gasteiger partial charge in [-0.2, -0.15) is 0 Å². The van der Waals surface area contributed by atoms with Crippen molar-refractivity contribution in [3.05, 3.63) is 51.9 Å². The zero-order valence-electron chi connectivity index (χ0n) is 14.2. The van der Waals surface area contributed by atoms with Gasteiger partial charge in [-0.3, -0.25) is 14.5 Å². The lowest BCUT2D eigenvalue weighted by atomic mass is 9.96. The van der Waals surface area contributed by atoms with E-state index in [2.05, 4.69) is 5.32 Å². The summed E-state index contributed by atoms with van der Waals surface area (Å²) < 4.78 is -0.578. The van der Waals surface area contributed by atoms with E-state index in [1.165, 1.54) is 21.6 Å². The molecule has 1 aromatic rings. The van der Waals surface area contributed by atoms with Crippen molar-refractivity contribution in [2.45, 2.75) is 42.5 Å². The van der Waals surface area contributed by atoms with E-state index in [0.29, 0.717) is 0 Å². The number of aliphatic carboxylic acids is 1. The van der Waals surface area contributed by atoms with Crippen molar-refractivity contribution < 1.29 is 19.5 Å². The maximum absolute atomic E-state index is 12.3. The second-order valence-electron chi connectivity index (χ2n) is 6.40. The Morgan fingerprint density at radius 1 is 1.31 bits per heavy atom. The van der Waals surface area contributed by atoms with Gasteiger partial charge in [-0.25, -0.2) is 4.79 Å². The molecule has 1 aromatic carbocycles. The van der Waals surface area contributed by atoms with Gasteiger partial charge < -0.3 is 26.4 Å². The highest BCUT2D eigenvalue weighted by molar-refractivity contribution is 8.01. The number of β-lactam (4-membered cyclic amide) rings is 1. The zero-order valence-corrected chi connectivity index (χ0v) is 15.0. The smallest absolute Gasteiger partial charge is 0.327 e. The molecule has 0 aliphatic carbocycles. The largest absolute Gasteiger partial charge is 0.480 e. The van der Waals surface area contributed by atoms with Crippen molar-refractivity contribution in [3.63, 3.8) is 0 Å². The van der Waals surface area contributed by atoms with Gasteiger partial charge in [0.2, 0.25) is 11.8 Å². The van der Waals surface area contributed by atoms with Crippen molar-refractivity contribution >= 4 is 29.5 Å². The van der Waals surface area contributed by atoms with Gasteiger partial charge in [0.15, 0.2) is 0 Å². The lowest BCUT2D eigenvalue weighted by Gasteiger charge is -2.43. The van der Waals surface area contributed by atoms with Crippen molar-refractivity contribution in [2.24, 2.45) is 0 Å². The summed E-state index contributed by atoms with van der Waals surface area (Å²) >= 11 is 1.42. The highest BCUT2D eigenvalue weighted by Crippen LogP contribution is 2.50. The minimum absolute atomic E-state index is 0.202. The lowest BCUT2D eigenvalue weighted by Crippen LogP contribution is -2.70. The number of hydrogen-bond acceptors (Lipinski definition) is 4. The van der Waals surface area contributed by atoms with Crippen LogP contribution in [-0.2, 0) is 20.8 Å². The Morgan fingerprint density at radius 2 is 1.88 bits per heavy atom. The summed E-state index contributed by atoms with van der Waals surface area (Å²) in [6.07, 6.45) is 0.202. The number of nitrogens with zero attached hydrogens (tertiary/aromatic N) is 4. The predicted molar refractivity (Wildman–Crippen MR) is 95.9 cm³/mol. The molecule has 0 aromatic heterocycles. The Bertz CT molecular complexity index is 748. The van der Waals surface area contributed by atoms with Crippen LogP contribution >= 0.6 is 11.8 Å². The summed E-state index contributed by atoms with van der Waals surface area (Å²) in [6.45, 7) is 3.62. The molecule has 0 spiro atoms. The molecule has 2 N–H and O–H groups in total. The average Bonchev–Trinajstić information content (AvgIpc) is 2.83. The normalized spacial score (nSPS) is 25.1. The SMILES string of the molecule is CC1(C)S[C@@H]2[C@H](NC(=O)Cc3ccccc3)C(=O)N2[C@H]1C(=O)O.[N-]=[N+]=[N-]. The molecule has 3 atom stereocenters. The number of fused-ring (bicyclic) bond motifs is 1. The highest BCUT2D eigenvalue weighted by atomic mass is 32.2. The van der Waals surface area contributed by atoms with Gasteiger partial charge >= 0.3 is 5.97 Å². The Hall–Kier alpha value is -2.71. The summed E-state index contributed by atoms with van der Waals surface area (Å²) in [4.78, 5) is 38.7. The number of carbonyl (C=O) groups excluding carboxylic acids is 2. The first-order chi connectivity index (χ1) is 12.2. The number of nitrogens with one attached hydrogen (secondary N) is 1. The Labute approximate surface area is 154 Å². The van der Waals surface area contributed by atoms with Crippen LogP contribution in [-0.4, -0.2) is 50.0 Å². The quantitative estimate of drug-likeness (QED) is 0.356. The first-order valence-electron chi connectivity index (χ1n) is 7.77. The number of amides is 2. The molecule has 0 radical (unpaired) electrons. The molecule has 2 heterocycles. The van der Waals surface area contributed by atoms with Crippen LogP contribution in [0, 0.1) is 0 Å². The first-order valence-corrected chi connectivity index (χ1v) is 8.65. The fraction of sp³-hybridized carbons (Fsp3) is 0.438. The molecule has 2 amide bonds. The second kappa shape index (κ2) is 7.67. The fourth-order valence-electron chi connectivity index (χ4n) is 3.15. The standard InChI is InChI=1S/C16H18N2O4S.N3/c1-16(2)12(15(21)22)18-13(20)11(14(18)23-16)17-10(19)8-9-6-4-3-5-7-9;1-3-2/h3-7,11-12,14H,8H2,1-2H3,(H,17,19)(H,21,22);/q;-1/t11-,12+,14-;/m1./s1. The first kappa shape index (κ1) is 19.6. The number of thioether (sulfide) groups is 1. The van der Waals surface area contributed by atoms with E-state index in [-0.39, 0.29) is 23.6 Å².